The molecule has 0 aliphatic carbocycles. The molecule has 0 bridgehead atoms. The Morgan fingerprint density at radius 1 is 1.50 bits per heavy atom. The SMILES string of the molecule is O=C(O)C1CSCCN1C(=O)c1cncc(Cl)n1. The fourth-order valence-corrected chi connectivity index (χ4v) is 2.83. The van der Waals surface area contributed by atoms with Crippen LogP contribution in [0.3, 0.4) is 0 Å². The summed E-state index contributed by atoms with van der Waals surface area (Å²) in [6, 6.07) is -0.822. The maximum absolute atomic E-state index is 12.2. The van der Waals surface area contributed by atoms with Crippen LogP contribution in [0.25, 0.3) is 0 Å². The Labute approximate surface area is 112 Å². The molecule has 1 fully saturated rings. The zero-order valence-corrected chi connectivity index (χ0v) is 10.8. The molecule has 0 aromatic carbocycles. The summed E-state index contributed by atoms with van der Waals surface area (Å²) in [6.07, 6.45) is 2.61. The molecule has 1 amide bonds. The van der Waals surface area contributed by atoms with E-state index in [2.05, 4.69) is 9.97 Å². The van der Waals surface area contributed by atoms with E-state index in [0.717, 1.165) is 0 Å². The standard InChI is InChI=1S/C10H10ClN3O3S/c11-8-4-12-3-6(13-8)9(15)14-1-2-18-5-7(14)10(16)17/h3-4,7H,1-2,5H2,(H,16,17). The Hall–Kier alpha value is -1.34. The van der Waals surface area contributed by atoms with E-state index in [0.29, 0.717) is 18.1 Å². The van der Waals surface area contributed by atoms with Crippen molar-refractivity contribution in [1.82, 2.24) is 14.9 Å². The third-order valence-electron chi connectivity index (χ3n) is 2.50. The molecule has 1 unspecified atom stereocenters. The summed E-state index contributed by atoms with van der Waals surface area (Å²) in [6.45, 7) is 0.384. The molecule has 0 saturated carbocycles. The molecule has 1 N–H and O–H groups in total. The average Bonchev–Trinajstić information content (AvgIpc) is 2.38. The van der Waals surface area contributed by atoms with Gasteiger partial charge >= 0.3 is 5.97 Å². The highest BCUT2D eigenvalue weighted by molar-refractivity contribution is 7.99. The van der Waals surface area contributed by atoms with E-state index in [9.17, 15) is 9.59 Å². The minimum Gasteiger partial charge on any atom is -0.480 e. The topological polar surface area (TPSA) is 83.4 Å². The van der Waals surface area contributed by atoms with Crippen molar-refractivity contribution in [3.8, 4) is 0 Å². The molecule has 18 heavy (non-hydrogen) atoms. The predicted molar refractivity (Wildman–Crippen MR) is 66.8 cm³/mol. The largest absolute Gasteiger partial charge is 0.480 e. The molecule has 96 valence electrons. The van der Waals surface area contributed by atoms with Crippen LogP contribution in [0.4, 0.5) is 0 Å². The number of hydrogen-bond donors (Lipinski definition) is 1. The Balaban J connectivity index is 2.23. The first kappa shape index (κ1) is 13.1. The van der Waals surface area contributed by atoms with Crippen molar-refractivity contribution in [2.75, 3.05) is 18.1 Å². The van der Waals surface area contributed by atoms with Gasteiger partial charge in [0.2, 0.25) is 0 Å². The van der Waals surface area contributed by atoms with Gasteiger partial charge < -0.3 is 10.0 Å². The number of carbonyl (C=O) groups excluding carboxylic acids is 1. The molecule has 1 aromatic rings. The number of amides is 1. The van der Waals surface area contributed by atoms with Gasteiger partial charge in [-0.1, -0.05) is 11.6 Å². The summed E-state index contributed by atoms with van der Waals surface area (Å²) in [5.41, 5.74) is 0.0700. The lowest BCUT2D eigenvalue weighted by molar-refractivity contribution is -0.141. The third kappa shape index (κ3) is 2.73. The van der Waals surface area contributed by atoms with Gasteiger partial charge in [-0.15, -0.1) is 0 Å². The quantitative estimate of drug-likeness (QED) is 0.865. The predicted octanol–water partition coefficient (Wildman–Crippen LogP) is 0.772. The van der Waals surface area contributed by atoms with Crippen LogP contribution < -0.4 is 0 Å². The van der Waals surface area contributed by atoms with Crippen LogP contribution in [0.2, 0.25) is 5.15 Å². The Kier molecular flexibility index (Phi) is 4.03. The van der Waals surface area contributed by atoms with Crippen molar-refractivity contribution < 1.29 is 14.7 Å². The Morgan fingerprint density at radius 3 is 2.94 bits per heavy atom. The highest BCUT2D eigenvalue weighted by atomic mass is 35.5. The molecule has 0 radical (unpaired) electrons. The summed E-state index contributed by atoms with van der Waals surface area (Å²) < 4.78 is 0. The molecule has 1 aliphatic rings. The monoisotopic (exact) mass is 287 g/mol. The average molecular weight is 288 g/mol. The van der Waals surface area contributed by atoms with Crippen LogP contribution in [-0.4, -0.2) is 55.9 Å². The van der Waals surface area contributed by atoms with Gasteiger partial charge in [-0.05, 0) is 0 Å². The molecule has 1 aromatic heterocycles. The number of carbonyl (C=O) groups is 2. The van der Waals surface area contributed by atoms with Gasteiger partial charge in [0.05, 0.1) is 12.4 Å². The molecule has 0 spiro atoms. The minimum atomic E-state index is -1.01. The summed E-state index contributed by atoms with van der Waals surface area (Å²) in [7, 11) is 0. The van der Waals surface area contributed by atoms with Gasteiger partial charge in [-0.25, -0.2) is 9.78 Å². The number of hydrogen-bond acceptors (Lipinski definition) is 5. The maximum atomic E-state index is 12.2. The van der Waals surface area contributed by atoms with Gasteiger partial charge in [0.15, 0.2) is 0 Å². The van der Waals surface area contributed by atoms with Crippen molar-refractivity contribution >= 4 is 35.2 Å². The number of nitrogens with zero attached hydrogens (tertiary/aromatic N) is 3. The van der Waals surface area contributed by atoms with Gasteiger partial charge in [0.25, 0.3) is 5.91 Å². The fourth-order valence-electron chi connectivity index (χ4n) is 1.64. The van der Waals surface area contributed by atoms with E-state index in [1.54, 1.807) is 0 Å². The van der Waals surface area contributed by atoms with Crippen LogP contribution in [0, 0.1) is 0 Å². The Morgan fingerprint density at radius 2 is 2.28 bits per heavy atom. The normalized spacial score (nSPS) is 19.6. The van der Waals surface area contributed by atoms with Crippen molar-refractivity contribution in [3.05, 3.63) is 23.2 Å². The van der Waals surface area contributed by atoms with Crippen LogP contribution in [0.5, 0.6) is 0 Å². The summed E-state index contributed by atoms with van der Waals surface area (Å²) in [5, 5.41) is 9.20. The molecular formula is C10H10ClN3O3S. The molecule has 1 saturated heterocycles. The lowest BCUT2D eigenvalue weighted by Gasteiger charge is -2.32. The first-order valence-electron chi connectivity index (χ1n) is 5.18. The number of rotatable bonds is 2. The fraction of sp³-hybridized carbons (Fsp3) is 0.400. The molecule has 1 aliphatic heterocycles. The van der Waals surface area contributed by atoms with Crippen molar-refractivity contribution in [2.24, 2.45) is 0 Å². The van der Waals surface area contributed by atoms with E-state index in [-0.39, 0.29) is 10.8 Å². The second kappa shape index (κ2) is 5.53. The molecule has 6 nitrogen and oxygen atoms in total. The van der Waals surface area contributed by atoms with Crippen molar-refractivity contribution in [1.29, 1.82) is 0 Å². The highest BCUT2D eigenvalue weighted by Gasteiger charge is 2.33. The third-order valence-corrected chi connectivity index (χ3v) is 3.70. The summed E-state index contributed by atoms with van der Waals surface area (Å²) in [5.74, 6) is -0.360. The minimum absolute atomic E-state index is 0.0700. The van der Waals surface area contributed by atoms with Gasteiger partial charge in [0.1, 0.15) is 16.9 Å². The number of aromatic nitrogens is 2. The lowest BCUT2D eigenvalue weighted by atomic mass is 10.2. The van der Waals surface area contributed by atoms with E-state index >= 15 is 0 Å². The second-order valence-corrected chi connectivity index (χ2v) is 5.19. The maximum Gasteiger partial charge on any atom is 0.327 e. The summed E-state index contributed by atoms with van der Waals surface area (Å²) >= 11 is 7.18. The number of halogens is 1. The van der Waals surface area contributed by atoms with E-state index in [4.69, 9.17) is 16.7 Å². The summed E-state index contributed by atoms with van der Waals surface area (Å²) in [4.78, 5) is 32.2. The van der Waals surface area contributed by atoms with Crippen molar-refractivity contribution in [3.63, 3.8) is 0 Å². The first-order valence-corrected chi connectivity index (χ1v) is 6.72. The number of aliphatic carboxylic acids is 1. The Bertz CT molecular complexity index is 485. The van der Waals surface area contributed by atoms with Crippen LogP contribution in [-0.2, 0) is 4.79 Å². The second-order valence-electron chi connectivity index (χ2n) is 3.65. The highest BCUT2D eigenvalue weighted by Crippen LogP contribution is 2.19. The van der Waals surface area contributed by atoms with Crippen molar-refractivity contribution in [2.45, 2.75) is 6.04 Å². The van der Waals surface area contributed by atoms with Crippen LogP contribution >= 0.6 is 23.4 Å². The molecule has 2 rings (SSSR count). The molecule has 8 heteroatoms. The van der Waals surface area contributed by atoms with Crippen LogP contribution in [0.1, 0.15) is 10.5 Å². The number of carboxylic acid groups (broad SMARTS) is 1. The molecular weight excluding hydrogens is 278 g/mol. The van der Waals surface area contributed by atoms with Gasteiger partial charge in [-0.3, -0.25) is 9.78 Å². The zero-order valence-electron chi connectivity index (χ0n) is 9.24. The smallest absolute Gasteiger partial charge is 0.327 e. The lowest BCUT2D eigenvalue weighted by Crippen LogP contribution is -2.50. The van der Waals surface area contributed by atoms with E-state index < -0.39 is 17.9 Å². The first-order chi connectivity index (χ1) is 8.59. The number of carboxylic acids is 1. The van der Waals surface area contributed by atoms with Gasteiger partial charge in [0, 0.05) is 18.1 Å². The van der Waals surface area contributed by atoms with E-state index in [1.165, 1.54) is 29.1 Å². The zero-order chi connectivity index (χ0) is 13.1. The molecule has 1 atom stereocenters. The number of thioether (sulfide) groups is 1. The van der Waals surface area contributed by atoms with E-state index in [1.807, 2.05) is 0 Å². The molecule has 2 heterocycles. The van der Waals surface area contributed by atoms with Gasteiger partial charge in [-0.2, -0.15) is 11.8 Å². The van der Waals surface area contributed by atoms with Crippen LogP contribution in [0.15, 0.2) is 12.4 Å².